The third-order valence-corrected chi connectivity index (χ3v) is 4.60. The van der Waals surface area contributed by atoms with Crippen molar-refractivity contribution in [1.82, 2.24) is 19.3 Å². The van der Waals surface area contributed by atoms with Crippen molar-refractivity contribution in [1.29, 1.82) is 0 Å². The van der Waals surface area contributed by atoms with E-state index in [1.807, 2.05) is 68.4 Å². The number of hydrogen-bond acceptors (Lipinski definition) is 3. The molecular formula is C21H21N5O. The van der Waals surface area contributed by atoms with Crippen molar-refractivity contribution >= 4 is 22.8 Å². The van der Waals surface area contributed by atoms with Gasteiger partial charge in [-0.15, -0.1) is 0 Å². The Hall–Kier alpha value is -3.41. The number of carbonyl (C=O) groups is 1. The van der Waals surface area contributed by atoms with Crippen LogP contribution < -0.4 is 5.32 Å². The Morgan fingerprint density at radius 2 is 1.81 bits per heavy atom. The molecule has 2 heterocycles. The van der Waals surface area contributed by atoms with Gasteiger partial charge in [0.15, 0.2) is 0 Å². The van der Waals surface area contributed by atoms with E-state index in [2.05, 4.69) is 21.9 Å². The Kier molecular flexibility index (Phi) is 4.24. The summed E-state index contributed by atoms with van der Waals surface area (Å²) in [6, 6.07) is 17.4. The van der Waals surface area contributed by atoms with E-state index in [1.54, 1.807) is 4.68 Å². The van der Waals surface area contributed by atoms with Gasteiger partial charge in [-0.3, -0.25) is 4.79 Å². The van der Waals surface area contributed by atoms with E-state index in [0.29, 0.717) is 17.3 Å². The molecule has 0 aliphatic heterocycles. The van der Waals surface area contributed by atoms with Gasteiger partial charge in [-0.1, -0.05) is 30.3 Å². The second-order valence-electron chi connectivity index (χ2n) is 6.50. The van der Waals surface area contributed by atoms with Crippen molar-refractivity contribution in [3.05, 3.63) is 71.4 Å². The number of benzene rings is 2. The second kappa shape index (κ2) is 6.72. The van der Waals surface area contributed by atoms with Gasteiger partial charge in [0.25, 0.3) is 5.91 Å². The monoisotopic (exact) mass is 359 g/mol. The molecule has 0 atom stereocenters. The van der Waals surface area contributed by atoms with Gasteiger partial charge in [0.2, 0.25) is 5.95 Å². The lowest BCUT2D eigenvalue weighted by Crippen LogP contribution is -2.17. The summed E-state index contributed by atoms with van der Waals surface area (Å²) in [4.78, 5) is 17.5. The Bertz CT molecular complexity index is 1140. The summed E-state index contributed by atoms with van der Waals surface area (Å²) < 4.78 is 3.79. The Morgan fingerprint density at radius 3 is 2.59 bits per heavy atom. The molecule has 0 spiro atoms. The van der Waals surface area contributed by atoms with E-state index < -0.39 is 0 Å². The van der Waals surface area contributed by atoms with Crippen LogP contribution in [-0.2, 0) is 6.54 Å². The molecular weight excluding hydrogens is 338 g/mol. The van der Waals surface area contributed by atoms with E-state index in [4.69, 9.17) is 4.98 Å². The van der Waals surface area contributed by atoms with Crippen molar-refractivity contribution in [3.63, 3.8) is 0 Å². The van der Waals surface area contributed by atoms with Gasteiger partial charge in [-0.05, 0) is 44.5 Å². The third kappa shape index (κ3) is 2.99. The maximum absolute atomic E-state index is 12.8. The summed E-state index contributed by atoms with van der Waals surface area (Å²) in [5.74, 6) is 1.13. The van der Waals surface area contributed by atoms with Crippen LogP contribution in [0.15, 0.2) is 54.6 Å². The minimum atomic E-state index is -0.159. The first-order valence-corrected chi connectivity index (χ1v) is 8.97. The molecule has 1 N–H and O–H groups in total. The van der Waals surface area contributed by atoms with Crippen molar-refractivity contribution in [2.24, 2.45) is 0 Å². The highest BCUT2D eigenvalue weighted by atomic mass is 16.1. The molecule has 6 nitrogen and oxygen atoms in total. The number of aromatic nitrogens is 4. The lowest BCUT2D eigenvalue weighted by atomic mass is 10.1. The number of nitrogens with zero attached hydrogens (tertiary/aromatic N) is 4. The highest BCUT2D eigenvalue weighted by Gasteiger charge is 2.18. The number of amides is 1. The fourth-order valence-corrected chi connectivity index (χ4v) is 3.29. The Morgan fingerprint density at radius 1 is 1.07 bits per heavy atom. The predicted molar refractivity (Wildman–Crippen MR) is 106 cm³/mol. The Labute approximate surface area is 157 Å². The molecule has 2 aromatic carbocycles. The van der Waals surface area contributed by atoms with Gasteiger partial charge in [0.05, 0.1) is 16.7 Å². The second-order valence-corrected chi connectivity index (χ2v) is 6.50. The largest absolute Gasteiger partial charge is 0.309 e. The lowest BCUT2D eigenvalue weighted by molar-refractivity contribution is 0.102. The quantitative estimate of drug-likeness (QED) is 0.596. The van der Waals surface area contributed by atoms with Gasteiger partial charge in [0, 0.05) is 18.2 Å². The molecule has 0 saturated carbocycles. The Balaban J connectivity index is 1.78. The van der Waals surface area contributed by atoms with Crippen LogP contribution in [0.1, 0.15) is 28.5 Å². The van der Waals surface area contributed by atoms with Crippen LogP contribution in [0, 0.1) is 13.8 Å². The van der Waals surface area contributed by atoms with E-state index in [9.17, 15) is 4.79 Å². The van der Waals surface area contributed by atoms with Crippen molar-refractivity contribution in [2.75, 3.05) is 5.32 Å². The molecule has 6 heteroatoms. The molecule has 0 unspecified atom stereocenters. The minimum absolute atomic E-state index is 0.159. The fourth-order valence-electron chi connectivity index (χ4n) is 3.29. The molecule has 0 saturated heterocycles. The smallest absolute Gasteiger partial charge is 0.257 e. The molecule has 4 rings (SSSR count). The number of aryl methyl sites for hydroxylation is 3. The van der Waals surface area contributed by atoms with Crippen molar-refractivity contribution in [3.8, 4) is 5.95 Å². The number of para-hydroxylation sites is 2. The predicted octanol–water partition coefficient (Wildman–Crippen LogP) is 4.11. The highest BCUT2D eigenvalue weighted by molar-refractivity contribution is 6.05. The fraction of sp³-hybridized carbons (Fsp3) is 0.190. The SMILES string of the molecule is CCn1c(-n2nc(C)cc2NC(=O)c2ccccc2C)nc2ccccc21. The summed E-state index contributed by atoms with van der Waals surface area (Å²) in [6.07, 6.45) is 0. The molecule has 0 fully saturated rings. The van der Waals surface area contributed by atoms with Crippen LogP contribution in [0.4, 0.5) is 5.82 Å². The number of imidazole rings is 1. The molecule has 2 aromatic heterocycles. The summed E-state index contributed by atoms with van der Waals surface area (Å²) in [5.41, 5.74) is 4.33. The van der Waals surface area contributed by atoms with E-state index in [1.165, 1.54) is 0 Å². The van der Waals surface area contributed by atoms with E-state index in [0.717, 1.165) is 28.8 Å². The van der Waals surface area contributed by atoms with Gasteiger partial charge in [0.1, 0.15) is 5.82 Å². The van der Waals surface area contributed by atoms with E-state index in [-0.39, 0.29) is 5.91 Å². The van der Waals surface area contributed by atoms with Gasteiger partial charge in [-0.25, -0.2) is 4.98 Å². The maximum atomic E-state index is 12.8. The minimum Gasteiger partial charge on any atom is -0.309 e. The van der Waals surface area contributed by atoms with Crippen LogP contribution in [0.2, 0.25) is 0 Å². The molecule has 4 aromatic rings. The molecule has 27 heavy (non-hydrogen) atoms. The van der Waals surface area contributed by atoms with Crippen molar-refractivity contribution in [2.45, 2.75) is 27.3 Å². The summed E-state index contributed by atoms with van der Waals surface area (Å²) in [7, 11) is 0. The normalized spacial score (nSPS) is 11.1. The number of carbonyl (C=O) groups excluding carboxylic acids is 1. The van der Waals surface area contributed by atoms with Crippen LogP contribution in [-0.4, -0.2) is 25.2 Å². The average Bonchev–Trinajstić information content (AvgIpc) is 3.21. The summed E-state index contributed by atoms with van der Waals surface area (Å²) in [5, 5.41) is 7.56. The zero-order valence-electron chi connectivity index (χ0n) is 15.6. The van der Waals surface area contributed by atoms with Crippen LogP contribution in [0.5, 0.6) is 0 Å². The summed E-state index contributed by atoms with van der Waals surface area (Å²) in [6.45, 7) is 6.65. The number of nitrogens with one attached hydrogen (secondary N) is 1. The molecule has 0 radical (unpaired) electrons. The molecule has 0 aliphatic carbocycles. The third-order valence-electron chi connectivity index (χ3n) is 4.60. The zero-order valence-corrected chi connectivity index (χ0v) is 15.6. The van der Waals surface area contributed by atoms with Crippen molar-refractivity contribution < 1.29 is 4.79 Å². The maximum Gasteiger partial charge on any atom is 0.257 e. The molecule has 1 amide bonds. The van der Waals surface area contributed by atoms with Crippen LogP contribution in [0.3, 0.4) is 0 Å². The first-order valence-electron chi connectivity index (χ1n) is 8.97. The summed E-state index contributed by atoms with van der Waals surface area (Å²) >= 11 is 0. The standard InChI is InChI=1S/C21H21N5O/c1-4-25-18-12-8-7-11-17(18)22-21(25)26-19(13-15(3)24-26)23-20(27)16-10-6-5-9-14(16)2/h5-13H,4H2,1-3H3,(H,23,27). The highest BCUT2D eigenvalue weighted by Crippen LogP contribution is 2.23. The van der Waals surface area contributed by atoms with Gasteiger partial charge < -0.3 is 9.88 Å². The molecule has 136 valence electrons. The van der Waals surface area contributed by atoms with Gasteiger partial charge in [-0.2, -0.15) is 9.78 Å². The van der Waals surface area contributed by atoms with Crippen LogP contribution in [0.25, 0.3) is 17.0 Å². The van der Waals surface area contributed by atoms with Crippen LogP contribution >= 0.6 is 0 Å². The zero-order chi connectivity index (χ0) is 19.0. The first-order chi connectivity index (χ1) is 13.1. The lowest BCUT2D eigenvalue weighted by Gasteiger charge is -2.11. The topological polar surface area (TPSA) is 64.7 Å². The number of anilines is 1. The molecule has 0 aliphatic rings. The number of rotatable bonds is 4. The number of hydrogen-bond donors (Lipinski definition) is 1. The first kappa shape index (κ1) is 17.0. The average molecular weight is 359 g/mol. The van der Waals surface area contributed by atoms with Gasteiger partial charge >= 0.3 is 0 Å². The number of fused-ring (bicyclic) bond motifs is 1. The molecule has 0 bridgehead atoms. The van der Waals surface area contributed by atoms with E-state index >= 15 is 0 Å².